The number of unbranched alkanes of at least 4 members (excludes halogenated alkanes) is 1. The van der Waals surface area contributed by atoms with E-state index in [1.54, 1.807) is 13.8 Å². The Labute approximate surface area is 281 Å². The number of carbonyl (C=O) groups is 8. The topological polar surface area (TPSA) is 512 Å². The molecule has 24 heteroatoms. The predicted molar refractivity (Wildman–Crippen MR) is 172 cm³/mol. The van der Waals surface area contributed by atoms with Gasteiger partial charge in [-0.15, -0.1) is 0 Å². The van der Waals surface area contributed by atoms with Gasteiger partial charge in [0, 0.05) is 6.42 Å². The molecule has 2 amide bonds. The summed E-state index contributed by atoms with van der Waals surface area (Å²) in [5.41, 5.74) is 44.3. The molecule has 0 spiro atoms. The summed E-state index contributed by atoms with van der Waals surface area (Å²) in [6.45, 7) is 3.37. The first-order chi connectivity index (χ1) is 22.3. The zero-order chi connectivity index (χ0) is 40.4. The Morgan fingerprint density at radius 1 is 0.551 bits per heavy atom. The number of hydrogen-bond acceptors (Lipinski definition) is 16. The van der Waals surface area contributed by atoms with E-state index in [1.807, 2.05) is 0 Å². The molecule has 0 bridgehead atoms. The van der Waals surface area contributed by atoms with Gasteiger partial charge in [0.1, 0.15) is 30.2 Å². The quantitative estimate of drug-likeness (QED) is 0.0621. The third-order valence-corrected chi connectivity index (χ3v) is 4.74. The molecule has 0 aliphatic carbocycles. The number of amides is 2. The van der Waals surface area contributed by atoms with Crippen LogP contribution in [0.25, 0.3) is 0 Å². The molecule has 0 saturated heterocycles. The summed E-state index contributed by atoms with van der Waals surface area (Å²) in [6.07, 6.45) is 1.98. The van der Waals surface area contributed by atoms with Gasteiger partial charge >= 0.3 is 35.8 Å². The molecule has 49 heavy (non-hydrogen) atoms. The van der Waals surface area contributed by atoms with Gasteiger partial charge < -0.3 is 87.3 Å². The van der Waals surface area contributed by atoms with Crippen LogP contribution < -0.4 is 51.6 Å². The zero-order valence-corrected chi connectivity index (χ0v) is 27.4. The Morgan fingerprint density at radius 3 is 1.08 bits per heavy atom. The van der Waals surface area contributed by atoms with Crippen LogP contribution >= 0.6 is 0 Å². The Kier molecular flexibility index (Phi) is 42.0. The minimum atomic E-state index is -1.21. The summed E-state index contributed by atoms with van der Waals surface area (Å²) >= 11 is 0. The number of aliphatic hydroxyl groups is 1. The third-order valence-electron chi connectivity index (χ3n) is 4.74. The van der Waals surface area contributed by atoms with Crippen molar-refractivity contribution in [1.82, 2.24) is 0 Å². The molecule has 0 saturated carbocycles. The van der Waals surface area contributed by atoms with Crippen LogP contribution in [0.3, 0.4) is 0 Å². The third kappa shape index (κ3) is 53.2. The molecule has 0 aromatic carbocycles. The number of carboxylic acid groups (broad SMARTS) is 6. The normalized spacial score (nSPS) is 12.5. The van der Waals surface area contributed by atoms with Crippen molar-refractivity contribution in [3.63, 3.8) is 0 Å². The minimum absolute atomic E-state index is 0.0208. The van der Waals surface area contributed by atoms with Crippen molar-refractivity contribution in [2.45, 2.75) is 82.6 Å². The maximum atomic E-state index is 10.1. The number of aliphatic carboxylic acids is 6. The fourth-order valence-electron chi connectivity index (χ4n) is 1.72. The van der Waals surface area contributed by atoms with Gasteiger partial charge in [-0.25, -0.2) is 0 Å². The zero-order valence-electron chi connectivity index (χ0n) is 27.4. The van der Waals surface area contributed by atoms with Crippen molar-refractivity contribution in [2.75, 3.05) is 19.7 Å². The smallest absolute Gasteiger partial charge is 0.322 e. The highest BCUT2D eigenvalue weighted by molar-refractivity contribution is 5.83. The number of carboxylic acids is 6. The van der Waals surface area contributed by atoms with Crippen LogP contribution in [0.1, 0.15) is 52.4 Å². The molecule has 0 aromatic heterocycles. The number of aliphatic hydroxyl groups excluding tert-OH is 1. The summed E-state index contributed by atoms with van der Waals surface area (Å²) in [5, 5.41) is 56.4. The lowest BCUT2D eigenvalue weighted by atomic mass is 10.1. The van der Waals surface area contributed by atoms with Crippen molar-refractivity contribution in [3.05, 3.63) is 0 Å². The first-order valence-corrected chi connectivity index (χ1v) is 14.0. The molecule has 0 rings (SSSR count). The van der Waals surface area contributed by atoms with Crippen LogP contribution in [0.2, 0.25) is 0 Å². The van der Waals surface area contributed by atoms with Gasteiger partial charge in [0.05, 0.1) is 19.6 Å². The van der Waals surface area contributed by atoms with Gasteiger partial charge in [-0.1, -0.05) is 20.3 Å². The first kappa shape index (κ1) is 56.8. The molecule has 0 heterocycles. The fraction of sp³-hybridized carbons (Fsp3) is 0.680. The van der Waals surface area contributed by atoms with Crippen LogP contribution in [0.4, 0.5) is 0 Å². The van der Waals surface area contributed by atoms with Gasteiger partial charge in [0.15, 0.2) is 0 Å². The van der Waals surface area contributed by atoms with Crippen LogP contribution in [0.5, 0.6) is 0 Å². The summed E-state index contributed by atoms with van der Waals surface area (Å²) < 4.78 is 0. The van der Waals surface area contributed by atoms with Crippen molar-refractivity contribution in [1.29, 1.82) is 0 Å². The molecule has 0 aliphatic heterocycles. The first-order valence-electron chi connectivity index (χ1n) is 14.0. The Bertz CT molecular complexity index is 972. The SMILES string of the molecule is CC(C)C(N)C(=O)O.NC(=O)CC(N)C(=O)O.NC(=O)CCC(N)C(=O)O.NC(CO)C(=O)O.NCC(=O)O.NCCCCC(N)C(=O)O. The summed E-state index contributed by atoms with van der Waals surface area (Å²) in [7, 11) is 0. The molecular weight excluding hydrogens is 666 g/mol. The van der Waals surface area contributed by atoms with E-state index in [-0.39, 0.29) is 31.7 Å². The summed E-state index contributed by atoms with van der Waals surface area (Å²) in [5.74, 6) is -7.55. The number of carbonyl (C=O) groups excluding carboxylic acids is 2. The Balaban J connectivity index is -0.000000115. The molecule has 290 valence electrons. The monoisotopic (exact) mass is 721 g/mol. The second-order valence-corrected chi connectivity index (χ2v) is 9.63. The fourth-order valence-corrected chi connectivity index (χ4v) is 1.72. The van der Waals surface area contributed by atoms with E-state index in [1.165, 1.54) is 0 Å². The molecular formula is C25H55N9O15. The van der Waals surface area contributed by atoms with Gasteiger partial charge in [-0.2, -0.15) is 0 Å². The second kappa shape index (κ2) is 36.3. The Hall–Kier alpha value is -4.56. The Morgan fingerprint density at radius 2 is 0.918 bits per heavy atom. The van der Waals surface area contributed by atoms with Gasteiger partial charge in [0.2, 0.25) is 11.8 Å². The number of nitrogens with two attached hydrogens (primary N) is 9. The predicted octanol–water partition coefficient (Wildman–Crippen LogP) is -6.06. The van der Waals surface area contributed by atoms with Crippen LogP contribution in [-0.4, -0.2) is 133 Å². The van der Waals surface area contributed by atoms with Crippen molar-refractivity contribution < 1.29 is 74.1 Å². The maximum absolute atomic E-state index is 10.1. The molecule has 0 aromatic rings. The summed E-state index contributed by atoms with van der Waals surface area (Å²) in [4.78, 5) is 79.1. The largest absolute Gasteiger partial charge is 0.480 e. The molecule has 5 atom stereocenters. The number of primary amides is 2. The maximum Gasteiger partial charge on any atom is 0.322 e. The van der Waals surface area contributed by atoms with E-state index in [2.05, 4.69) is 11.5 Å². The van der Waals surface area contributed by atoms with E-state index in [0.717, 1.165) is 12.8 Å². The van der Waals surface area contributed by atoms with Crippen LogP contribution in [-0.2, 0) is 38.4 Å². The molecule has 25 N–H and O–H groups in total. The van der Waals surface area contributed by atoms with E-state index in [0.29, 0.717) is 13.0 Å². The lowest BCUT2D eigenvalue weighted by molar-refractivity contribution is -0.140. The number of rotatable bonds is 17. The molecule has 0 radical (unpaired) electrons. The van der Waals surface area contributed by atoms with Crippen LogP contribution in [0, 0.1) is 5.92 Å². The number of hydrogen-bond donors (Lipinski definition) is 16. The second-order valence-electron chi connectivity index (χ2n) is 9.63. The minimum Gasteiger partial charge on any atom is -0.480 e. The van der Waals surface area contributed by atoms with E-state index in [4.69, 9.17) is 75.9 Å². The molecule has 0 aliphatic rings. The van der Waals surface area contributed by atoms with Crippen molar-refractivity contribution >= 4 is 47.6 Å². The lowest BCUT2D eigenvalue weighted by Crippen LogP contribution is -2.34. The molecule has 24 nitrogen and oxygen atoms in total. The van der Waals surface area contributed by atoms with E-state index in [9.17, 15) is 38.4 Å². The standard InChI is InChI=1S/C6H14N2O2.C5H10N2O3.C5H11NO2.C4H8N2O3.C3H7NO3.C2H5NO2/c7-4-2-1-3-5(8)6(9)10;6-3(5(9)10)1-2-4(7)8;1-3(2)4(6)5(7)8;5-2(4(8)9)1-3(6)7;4-2(1-5)3(6)7;3-1-2(4)5/h5H,1-4,7-8H2,(H,9,10);3H,1-2,6H2,(H2,7,8)(H,9,10);3-4H,6H2,1-2H3,(H,7,8);2H,1,5H2,(H2,6,7)(H,8,9);2,5H,1,4H2,(H,6,7);1,3H2,(H,4,5). The lowest BCUT2D eigenvalue weighted by Gasteiger charge is -2.07. The molecule has 0 fully saturated rings. The van der Waals surface area contributed by atoms with Gasteiger partial charge in [0.25, 0.3) is 0 Å². The summed E-state index contributed by atoms with van der Waals surface area (Å²) in [6, 6.07) is -4.70. The average molecular weight is 722 g/mol. The average Bonchev–Trinajstić information content (AvgIpc) is 2.99. The van der Waals surface area contributed by atoms with E-state index >= 15 is 0 Å². The van der Waals surface area contributed by atoms with E-state index < -0.39 is 84.4 Å². The highest BCUT2D eigenvalue weighted by Crippen LogP contribution is 1.97. The van der Waals surface area contributed by atoms with Crippen molar-refractivity contribution in [3.8, 4) is 0 Å². The van der Waals surface area contributed by atoms with Crippen LogP contribution in [0.15, 0.2) is 0 Å². The van der Waals surface area contributed by atoms with Crippen molar-refractivity contribution in [2.24, 2.45) is 57.5 Å². The highest BCUT2D eigenvalue weighted by Gasteiger charge is 2.15. The molecule has 5 unspecified atom stereocenters. The van der Waals surface area contributed by atoms with Gasteiger partial charge in [-0.3, -0.25) is 38.4 Å². The van der Waals surface area contributed by atoms with Gasteiger partial charge in [-0.05, 0) is 31.7 Å². The highest BCUT2D eigenvalue weighted by atomic mass is 16.4.